The summed E-state index contributed by atoms with van der Waals surface area (Å²) in [5, 5.41) is 9.23. The highest BCUT2D eigenvalue weighted by Crippen LogP contribution is 2.45. The van der Waals surface area contributed by atoms with Gasteiger partial charge in [-0.1, -0.05) is 12.1 Å². The lowest BCUT2D eigenvalue weighted by Gasteiger charge is -2.23. The molecule has 1 aromatic carbocycles. The van der Waals surface area contributed by atoms with E-state index in [2.05, 4.69) is 0 Å². The average molecular weight is 395 g/mol. The standard InChI is InChI=1S/C14H15F2NO6S2/c15-14(16)24(20,21)11-3-1-2-4-12(11)25(22,23)17-8-5-6-10(17)9(7-8)13(18)19/h1-4,8-10,14H,5-7H2,(H,18,19). The van der Waals surface area contributed by atoms with Gasteiger partial charge < -0.3 is 5.11 Å². The van der Waals surface area contributed by atoms with Crippen LogP contribution in [0.4, 0.5) is 8.78 Å². The van der Waals surface area contributed by atoms with E-state index in [1.807, 2.05) is 0 Å². The summed E-state index contributed by atoms with van der Waals surface area (Å²) in [7, 11) is -9.55. The zero-order valence-corrected chi connectivity index (χ0v) is 14.4. The van der Waals surface area contributed by atoms with Crippen molar-refractivity contribution in [3.63, 3.8) is 0 Å². The van der Waals surface area contributed by atoms with Crippen molar-refractivity contribution in [1.29, 1.82) is 0 Å². The van der Waals surface area contributed by atoms with Gasteiger partial charge in [0.15, 0.2) is 0 Å². The van der Waals surface area contributed by atoms with Gasteiger partial charge in [0, 0.05) is 12.1 Å². The number of benzene rings is 1. The van der Waals surface area contributed by atoms with E-state index in [0.717, 1.165) is 22.5 Å². The van der Waals surface area contributed by atoms with Gasteiger partial charge in [0.1, 0.15) is 4.90 Å². The van der Waals surface area contributed by atoms with Crippen LogP contribution in [0.25, 0.3) is 0 Å². The molecule has 11 heteroatoms. The van der Waals surface area contributed by atoms with Gasteiger partial charge in [-0.2, -0.15) is 13.1 Å². The van der Waals surface area contributed by atoms with E-state index in [1.165, 1.54) is 6.07 Å². The number of rotatable bonds is 5. The molecule has 0 aliphatic carbocycles. The maximum atomic E-state index is 13.0. The molecule has 0 amide bonds. The molecule has 2 aliphatic rings. The summed E-state index contributed by atoms with van der Waals surface area (Å²) in [6.45, 7) is 0. The van der Waals surface area contributed by atoms with Crippen LogP contribution < -0.4 is 0 Å². The second-order valence-corrected chi connectivity index (χ2v) is 9.76. The number of carboxylic acid groups (broad SMARTS) is 1. The molecule has 7 nitrogen and oxygen atoms in total. The van der Waals surface area contributed by atoms with Crippen LogP contribution in [0.1, 0.15) is 19.3 Å². The van der Waals surface area contributed by atoms with E-state index < -0.39 is 59.4 Å². The molecule has 0 spiro atoms. The zero-order valence-electron chi connectivity index (χ0n) is 12.7. The molecule has 1 aromatic rings. The van der Waals surface area contributed by atoms with Gasteiger partial charge in [-0.05, 0) is 31.4 Å². The maximum Gasteiger partial charge on any atom is 0.341 e. The van der Waals surface area contributed by atoms with Crippen molar-refractivity contribution in [3.8, 4) is 0 Å². The Morgan fingerprint density at radius 3 is 2.24 bits per heavy atom. The highest BCUT2D eigenvalue weighted by atomic mass is 32.2. The van der Waals surface area contributed by atoms with Crippen molar-refractivity contribution in [2.75, 3.05) is 0 Å². The fourth-order valence-electron chi connectivity index (χ4n) is 3.69. The SMILES string of the molecule is O=C(O)C1CC2CCC1N2S(=O)(=O)c1ccccc1S(=O)(=O)C(F)F. The number of nitrogens with zero attached hydrogens (tertiary/aromatic N) is 1. The van der Waals surface area contributed by atoms with Crippen LogP contribution >= 0.6 is 0 Å². The Bertz CT molecular complexity index is 915. The van der Waals surface area contributed by atoms with Gasteiger partial charge in [-0.3, -0.25) is 4.79 Å². The Morgan fingerprint density at radius 2 is 1.72 bits per heavy atom. The van der Waals surface area contributed by atoms with Crippen molar-refractivity contribution in [2.45, 2.75) is 46.9 Å². The van der Waals surface area contributed by atoms with E-state index in [4.69, 9.17) is 0 Å². The predicted octanol–water partition coefficient (Wildman–Crippen LogP) is 1.31. The van der Waals surface area contributed by atoms with E-state index in [0.29, 0.717) is 12.8 Å². The van der Waals surface area contributed by atoms with Gasteiger partial charge in [-0.25, -0.2) is 16.8 Å². The topological polar surface area (TPSA) is 109 Å². The van der Waals surface area contributed by atoms with Gasteiger partial charge in [0.2, 0.25) is 19.9 Å². The third kappa shape index (κ3) is 2.74. The summed E-state index contributed by atoms with van der Waals surface area (Å²) in [6.07, 6.45) is 0.922. The maximum absolute atomic E-state index is 13.0. The molecule has 2 saturated heterocycles. The second-order valence-electron chi connectivity index (χ2n) is 6.07. The number of carboxylic acids is 1. The molecule has 1 N–H and O–H groups in total. The van der Waals surface area contributed by atoms with Crippen LogP contribution in [-0.2, 0) is 24.7 Å². The first-order chi connectivity index (χ1) is 11.6. The molecule has 0 aromatic heterocycles. The molecule has 2 heterocycles. The van der Waals surface area contributed by atoms with Crippen LogP contribution in [0, 0.1) is 5.92 Å². The number of fused-ring (bicyclic) bond motifs is 2. The molecular formula is C14H15F2NO6S2. The van der Waals surface area contributed by atoms with Crippen LogP contribution in [0.5, 0.6) is 0 Å². The van der Waals surface area contributed by atoms with Gasteiger partial charge in [-0.15, -0.1) is 0 Å². The van der Waals surface area contributed by atoms with E-state index in [-0.39, 0.29) is 6.42 Å². The van der Waals surface area contributed by atoms with E-state index >= 15 is 0 Å². The van der Waals surface area contributed by atoms with E-state index in [9.17, 15) is 35.5 Å². The minimum atomic E-state index is -5.12. The van der Waals surface area contributed by atoms with Gasteiger partial charge in [0.05, 0.1) is 10.8 Å². The average Bonchev–Trinajstić information content (AvgIpc) is 3.13. The summed E-state index contributed by atoms with van der Waals surface area (Å²) in [5.41, 5.74) is 0. The predicted molar refractivity (Wildman–Crippen MR) is 81.2 cm³/mol. The number of sulfonamides is 1. The number of carbonyl (C=O) groups is 1. The van der Waals surface area contributed by atoms with E-state index in [1.54, 1.807) is 0 Å². The molecule has 0 saturated carbocycles. The Morgan fingerprint density at radius 1 is 1.12 bits per heavy atom. The number of alkyl halides is 2. The molecule has 25 heavy (non-hydrogen) atoms. The van der Waals surface area contributed by atoms with Gasteiger partial charge >= 0.3 is 11.7 Å². The minimum Gasteiger partial charge on any atom is -0.481 e. The number of hydrogen-bond donors (Lipinski definition) is 1. The lowest BCUT2D eigenvalue weighted by molar-refractivity contribution is -0.142. The first kappa shape index (κ1) is 18.2. The molecule has 2 bridgehead atoms. The monoisotopic (exact) mass is 395 g/mol. The van der Waals surface area contributed by atoms with Crippen LogP contribution in [0.3, 0.4) is 0 Å². The summed E-state index contributed by atoms with van der Waals surface area (Å²) < 4.78 is 76.4. The fourth-order valence-corrected chi connectivity index (χ4v) is 7.15. The largest absolute Gasteiger partial charge is 0.481 e. The van der Waals surface area contributed by atoms with Crippen molar-refractivity contribution in [2.24, 2.45) is 5.92 Å². The van der Waals surface area contributed by atoms with Crippen molar-refractivity contribution < 1.29 is 35.5 Å². The highest BCUT2D eigenvalue weighted by molar-refractivity contribution is 7.93. The fraction of sp³-hybridized carbons (Fsp3) is 0.500. The summed E-state index contributed by atoms with van der Waals surface area (Å²) in [4.78, 5) is 9.59. The van der Waals surface area contributed by atoms with Crippen molar-refractivity contribution >= 4 is 25.8 Å². The lowest BCUT2D eigenvalue weighted by Crippen LogP contribution is -2.38. The van der Waals surface area contributed by atoms with Gasteiger partial charge in [0.25, 0.3) is 0 Å². The number of halogens is 2. The highest BCUT2D eigenvalue weighted by Gasteiger charge is 2.55. The van der Waals surface area contributed by atoms with Crippen LogP contribution in [0.2, 0.25) is 0 Å². The van der Waals surface area contributed by atoms with Crippen LogP contribution in [0.15, 0.2) is 34.1 Å². The molecule has 3 rings (SSSR count). The molecule has 2 aliphatic heterocycles. The Hall–Kier alpha value is -1.59. The Kier molecular flexibility index (Phi) is 4.36. The normalized spacial score (nSPS) is 27.1. The Labute approximate surface area is 143 Å². The first-order valence-corrected chi connectivity index (χ1v) is 10.4. The van der Waals surface area contributed by atoms with Crippen molar-refractivity contribution in [1.82, 2.24) is 4.31 Å². The molecule has 3 unspecified atom stereocenters. The third-order valence-electron chi connectivity index (χ3n) is 4.74. The molecular weight excluding hydrogens is 380 g/mol. The Balaban J connectivity index is 2.11. The number of aliphatic carboxylic acids is 1. The quantitative estimate of drug-likeness (QED) is 0.805. The molecule has 2 fully saturated rings. The molecule has 3 atom stereocenters. The summed E-state index contributed by atoms with van der Waals surface area (Å²) >= 11 is 0. The summed E-state index contributed by atoms with van der Waals surface area (Å²) in [5.74, 6) is -5.76. The number of hydrogen-bond acceptors (Lipinski definition) is 5. The smallest absolute Gasteiger partial charge is 0.341 e. The van der Waals surface area contributed by atoms with Crippen LogP contribution in [-0.4, -0.2) is 50.1 Å². The number of sulfone groups is 1. The summed E-state index contributed by atoms with van der Waals surface area (Å²) in [6, 6.07) is 2.81. The third-order valence-corrected chi connectivity index (χ3v) is 8.34. The zero-order chi connectivity index (χ0) is 18.6. The first-order valence-electron chi connectivity index (χ1n) is 7.46. The molecule has 0 radical (unpaired) electrons. The molecule has 138 valence electrons. The lowest BCUT2D eigenvalue weighted by atomic mass is 9.89. The van der Waals surface area contributed by atoms with Crippen molar-refractivity contribution in [3.05, 3.63) is 24.3 Å². The minimum absolute atomic E-state index is 0.128. The second kappa shape index (κ2) is 5.99.